The van der Waals surface area contributed by atoms with Gasteiger partial charge in [-0.3, -0.25) is 9.59 Å². The van der Waals surface area contributed by atoms with Crippen molar-refractivity contribution in [1.29, 1.82) is 0 Å². The minimum absolute atomic E-state index is 0.0264. The molecule has 2 aliphatic heterocycles. The Morgan fingerprint density at radius 3 is 2.44 bits per heavy atom. The first-order valence-corrected chi connectivity index (χ1v) is 10.9. The lowest BCUT2D eigenvalue weighted by atomic mass is 10.1. The van der Waals surface area contributed by atoms with Gasteiger partial charge in [0.1, 0.15) is 0 Å². The van der Waals surface area contributed by atoms with Crippen LogP contribution in [-0.4, -0.2) is 48.1 Å². The van der Waals surface area contributed by atoms with Gasteiger partial charge in [0.2, 0.25) is 0 Å². The number of rotatable bonds is 3. The minimum atomic E-state index is -3.08. The van der Waals surface area contributed by atoms with Crippen molar-refractivity contribution in [2.24, 2.45) is 10.9 Å². The highest BCUT2D eigenvalue weighted by Gasteiger charge is 2.49. The Labute approximate surface area is 150 Å². The maximum absolute atomic E-state index is 12.1. The number of ketones is 1. The zero-order valence-corrected chi connectivity index (χ0v) is 15.3. The Morgan fingerprint density at radius 1 is 1.16 bits per heavy atom. The second-order valence-corrected chi connectivity index (χ2v) is 10.1. The molecule has 6 nitrogen and oxygen atoms in total. The van der Waals surface area contributed by atoms with Gasteiger partial charge in [0, 0.05) is 22.4 Å². The predicted octanol–water partition coefficient (Wildman–Crippen LogP) is 1.90. The van der Waals surface area contributed by atoms with Crippen LogP contribution in [0.2, 0.25) is 0 Å². The minimum Gasteiger partial charge on any atom is -0.316 e. The van der Waals surface area contributed by atoms with E-state index in [1.807, 2.05) is 4.90 Å². The normalized spacial score (nSPS) is 29.0. The molecule has 0 N–H and O–H groups in total. The molecule has 8 heteroatoms. The van der Waals surface area contributed by atoms with Crippen molar-refractivity contribution in [3.05, 3.63) is 29.8 Å². The van der Waals surface area contributed by atoms with Crippen molar-refractivity contribution in [3.8, 4) is 0 Å². The Kier molecular flexibility index (Phi) is 3.99. The Hall–Kier alpha value is -1.67. The fourth-order valence-corrected chi connectivity index (χ4v) is 7.16. The first-order valence-electron chi connectivity index (χ1n) is 8.24. The molecule has 1 aliphatic carbocycles. The molecular formula is C17H18N2O4S2. The van der Waals surface area contributed by atoms with E-state index >= 15 is 0 Å². The highest BCUT2D eigenvalue weighted by molar-refractivity contribution is 8.16. The molecule has 3 aliphatic rings. The molecule has 1 amide bonds. The summed E-state index contributed by atoms with van der Waals surface area (Å²) >= 11 is 1.38. The maximum atomic E-state index is 12.1. The van der Waals surface area contributed by atoms with Crippen LogP contribution in [0.15, 0.2) is 29.3 Å². The molecule has 132 valence electrons. The third-order valence-electron chi connectivity index (χ3n) is 4.75. The van der Waals surface area contributed by atoms with Crippen LogP contribution in [0, 0.1) is 5.92 Å². The summed E-state index contributed by atoms with van der Waals surface area (Å²) in [5.41, 5.74) is 1.36. The van der Waals surface area contributed by atoms with Crippen molar-refractivity contribution >= 4 is 44.1 Å². The highest BCUT2D eigenvalue weighted by Crippen LogP contribution is 2.41. The van der Waals surface area contributed by atoms with Crippen LogP contribution in [0.25, 0.3) is 0 Å². The largest absolute Gasteiger partial charge is 0.316 e. The summed E-state index contributed by atoms with van der Waals surface area (Å²) < 4.78 is 24.0. The van der Waals surface area contributed by atoms with Gasteiger partial charge in [-0.15, -0.1) is 0 Å². The van der Waals surface area contributed by atoms with E-state index in [1.165, 1.54) is 18.7 Å². The van der Waals surface area contributed by atoms with Gasteiger partial charge in [0.15, 0.2) is 20.8 Å². The number of thioether (sulfide) groups is 1. The van der Waals surface area contributed by atoms with Crippen LogP contribution in [-0.2, 0) is 14.6 Å². The number of hydrogen-bond donors (Lipinski definition) is 0. The molecule has 3 fully saturated rings. The van der Waals surface area contributed by atoms with E-state index in [-0.39, 0.29) is 40.4 Å². The maximum Gasteiger partial charge on any atom is 0.251 e. The summed E-state index contributed by atoms with van der Waals surface area (Å²) in [5.74, 6) is 0.0629. The SMILES string of the molecule is CC(=O)c1ccc(N2C(=NC(=O)C3CC3)S[C@H]3CS(=O)(=O)C[C@H]32)cc1. The van der Waals surface area contributed by atoms with Gasteiger partial charge in [-0.25, -0.2) is 8.42 Å². The Morgan fingerprint density at radius 2 is 1.84 bits per heavy atom. The molecule has 0 radical (unpaired) electrons. The van der Waals surface area contributed by atoms with Crippen molar-refractivity contribution in [3.63, 3.8) is 0 Å². The Balaban J connectivity index is 1.70. The van der Waals surface area contributed by atoms with Gasteiger partial charge in [0.25, 0.3) is 5.91 Å². The number of amides is 1. The average Bonchev–Trinajstić information content (AvgIpc) is 3.28. The standard InChI is InChI=1S/C17H18N2O4S2/c1-10(20)11-4-6-13(7-5-11)19-14-8-25(22,23)9-15(14)24-17(19)18-16(21)12-2-3-12/h4-7,12,14-15H,2-3,8-9H2,1H3/t14-,15+/m1/s1. The van der Waals surface area contributed by atoms with E-state index in [0.717, 1.165) is 18.5 Å². The lowest BCUT2D eigenvalue weighted by Gasteiger charge is -2.24. The van der Waals surface area contributed by atoms with E-state index in [0.29, 0.717) is 10.7 Å². The molecule has 0 unspecified atom stereocenters. The number of sulfone groups is 1. The lowest BCUT2D eigenvalue weighted by Crippen LogP contribution is -2.37. The fraction of sp³-hybridized carbons (Fsp3) is 0.471. The van der Waals surface area contributed by atoms with Crippen LogP contribution in [0.4, 0.5) is 5.69 Å². The Bertz CT molecular complexity index is 872. The summed E-state index contributed by atoms with van der Waals surface area (Å²) in [4.78, 5) is 29.8. The van der Waals surface area contributed by atoms with Gasteiger partial charge in [0.05, 0.1) is 17.5 Å². The zero-order valence-electron chi connectivity index (χ0n) is 13.7. The number of fused-ring (bicyclic) bond motifs is 1. The third-order valence-corrected chi connectivity index (χ3v) is 7.96. The van der Waals surface area contributed by atoms with Gasteiger partial charge in [-0.1, -0.05) is 11.8 Å². The van der Waals surface area contributed by atoms with E-state index in [9.17, 15) is 18.0 Å². The lowest BCUT2D eigenvalue weighted by molar-refractivity contribution is -0.118. The molecular weight excluding hydrogens is 360 g/mol. The van der Waals surface area contributed by atoms with Crippen LogP contribution >= 0.6 is 11.8 Å². The number of carbonyl (C=O) groups is 2. The van der Waals surface area contributed by atoms with E-state index in [2.05, 4.69) is 4.99 Å². The molecule has 2 saturated heterocycles. The smallest absolute Gasteiger partial charge is 0.251 e. The number of hydrogen-bond acceptors (Lipinski definition) is 5. The van der Waals surface area contributed by atoms with Crippen molar-refractivity contribution in [2.75, 3.05) is 16.4 Å². The van der Waals surface area contributed by atoms with Crippen LogP contribution < -0.4 is 4.90 Å². The van der Waals surface area contributed by atoms with Crippen molar-refractivity contribution in [1.82, 2.24) is 0 Å². The molecule has 1 aromatic rings. The molecule has 2 heterocycles. The average molecular weight is 378 g/mol. The van der Waals surface area contributed by atoms with Crippen LogP contribution in [0.1, 0.15) is 30.1 Å². The highest BCUT2D eigenvalue weighted by atomic mass is 32.2. The van der Waals surface area contributed by atoms with Gasteiger partial charge >= 0.3 is 0 Å². The number of amidine groups is 1. The monoisotopic (exact) mass is 378 g/mol. The number of carbonyl (C=O) groups excluding carboxylic acids is 2. The second-order valence-electron chi connectivity index (χ2n) is 6.78. The zero-order chi connectivity index (χ0) is 17.8. The first kappa shape index (κ1) is 16.8. The molecule has 0 aromatic heterocycles. The number of benzene rings is 1. The number of anilines is 1. The molecule has 1 aromatic carbocycles. The molecule has 0 spiro atoms. The number of nitrogens with zero attached hydrogens (tertiary/aromatic N) is 2. The van der Waals surface area contributed by atoms with Gasteiger partial charge in [-0.05, 0) is 44.0 Å². The van der Waals surface area contributed by atoms with Crippen molar-refractivity contribution in [2.45, 2.75) is 31.1 Å². The first-order chi connectivity index (χ1) is 11.8. The summed E-state index contributed by atoms with van der Waals surface area (Å²) in [6.07, 6.45) is 1.77. The summed E-state index contributed by atoms with van der Waals surface area (Å²) in [6.45, 7) is 1.50. The quantitative estimate of drug-likeness (QED) is 0.747. The topological polar surface area (TPSA) is 83.9 Å². The van der Waals surface area contributed by atoms with Crippen molar-refractivity contribution < 1.29 is 18.0 Å². The second kappa shape index (κ2) is 5.95. The van der Waals surface area contributed by atoms with E-state index in [1.54, 1.807) is 24.3 Å². The molecule has 0 bridgehead atoms. The summed E-state index contributed by atoms with van der Waals surface area (Å²) in [5, 5.41) is 0.473. The predicted molar refractivity (Wildman–Crippen MR) is 97.9 cm³/mol. The molecule has 4 rings (SSSR count). The molecule has 25 heavy (non-hydrogen) atoms. The van der Waals surface area contributed by atoms with E-state index in [4.69, 9.17) is 0 Å². The third kappa shape index (κ3) is 3.25. The number of aliphatic imine (C=N–C) groups is 1. The summed E-state index contributed by atoms with van der Waals surface area (Å²) in [6, 6.07) is 6.81. The summed E-state index contributed by atoms with van der Waals surface area (Å²) in [7, 11) is -3.08. The van der Waals surface area contributed by atoms with E-state index < -0.39 is 9.84 Å². The molecule has 2 atom stereocenters. The molecule has 1 saturated carbocycles. The van der Waals surface area contributed by atoms with Gasteiger partial charge in [-0.2, -0.15) is 4.99 Å². The van der Waals surface area contributed by atoms with Crippen LogP contribution in [0.5, 0.6) is 0 Å². The van der Waals surface area contributed by atoms with Crippen LogP contribution in [0.3, 0.4) is 0 Å². The fourth-order valence-electron chi connectivity index (χ4n) is 3.24. The number of Topliss-reactive ketones (excluding diaryl/α,β-unsaturated/α-hetero) is 1. The van der Waals surface area contributed by atoms with Gasteiger partial charge < -0.3 is 4.90 Å².